The maximum Gasteiger partial charge on any atom is 0.336 e. The summed E-state index contributed by atoms with van der Waals surface area (Å²) in [5.74, 6) is 1.09. The summed E-state index contributed by atoms with van der Waals surface area (Å²) in [6.07, 6.45) is 4.33. The summed E-state index contributed by atoms with van der Waals surface area (Å²) in [5.41, 5.74) is 16.1. The lowest BCUT2D eigenvalue weighted by Crippen LogP contribution is -2.15. The number of allylic oxidation sites excluding steroid dienone is 4. The van der Waals surface area contributed by atoms with Gasteiger partial charge >= 0.3 is 11.9 Å². The number of aryl methyl sites for hydroxylation is 1. The lowest BCUT2D eigenvalue weighted by Gasteiger charge is -2.16. The smallest absolute Gasteiger partial charge is 0.336 e. The Kier molecular flexibility index (Phi) is 45.5. The van der Waals surface area contributed by atoms with Gasteiger partial charge in [0.15, 0.2) is 23.1 Å². The topological polar surface area (TPSA) is 204 Å². The molecule has 1 unspecified atom stereocenters. The molecule has 12 aromatic rings. The second kappa shape index (κ2) is 58.1. The van der Waals surface area contributed by atoms with Crippen LogP contribution in [0.4, 0.5) is 0 Å². The fourth-order valence-corrected chi connectivity index (χ4v) is 14.2. The average Bonchev–Trinajstić information content (AvgIpc) is 0.796. The van der Waals surface area contributed by atoms with Crippen molar-refractivity contribution in [2.75, 3.05) is 27.4 Å². The van der Waals surface area contributed by atoms with Crippen molar-refractivity contribution < 1.29 is 62.3 Å². The lowest BCUT2D eigenvalue weighted by molar-refractivity contribution is -0.140. The molecule has 0 bridgehead atoms. The van der Waals surface area contributed by atoms with Gasteiger partial charge in [-0.25, -0.2) is 29.1 Å². The molecule has 1 N–H and O–H groups in total. The maximum atomic E-state index is 12.9. The van der Waals surface area contributed by atoms with E-state index in [9.17, 15) is 28.8 Å². The molecule has 139 heavy (non-hydrogen) atoms. The minimum atomic E-state index is -0.637. The number of ketones is 4. The van der Waals surface area contributed by atoms with Gasteiger partial charge in [0.05, 0.1) is 85.7 Å². The SMILES string of the molecule is [C-]#[N+]/C(C(=O)OCC(CC)CCCC)=C(\c1ccc(C)cc1)c1ccc(OC)cc1.[C-]#[N+]/C(C(C)=O)=C(\c1ccc(CO)cc1)c1ccc(OC)cc1.[C-]#[N+]C(C(=O)OCC)=C(c1ccc(OC(C)C)cc1)c1ccc(OC(C)C)cc1.[C-]#[N+]C(C(C)=O)=C(c1ccccc1)c1ccccc1.[C-]#[N+]C(C(C)=O)=C(c1ccccc1)c1ccccc1.[C-]#[N+]C(C(C)=O)=C(c1ccccc1)c1ccccc1. The number of unbranched alkanes of at least 4 members (excludes halogenated alkanes) is 1. The zero-order chi connectivity index (χ0) is 101. The van der Waals surface area contributed by atoms with Gasteiger partial charge in [0.1, 0.15) is 23.0 Å². The zero-order valence-corrected chi connectivity index (χ0v) is 80.9. The van der Waals surface area contributed by atoms with Crippen molar-refractivity contribution in [3.05, 3.63) is 508 Å². The molecule has 0 amide bonds. The van der Waals surface area contributed by atoms with Crippen LogP contribution in [0.5, 0.6) is 23.0 Å². The number of hydrogen-bond acceptors (Lipinski definition) is 13. The highest BCUT2D eigenvalue weighted by Crippen LogP contribution is 2.37. The Morgan fingerprint density at radius 3 is 0.734 bits per heavy atom. The highest BCUT2D eigenvalue weighted by Gasteiger charge is 2.26. The highest BCUT2D eigenvalue weighted by molar-refractivity contribution is 6.10. The third kappa shape index (κ3) is 33.1. The summed E-state index contributed by atoms with van der Waals surface area (Å²) in [5, 5.41) is 9.16. The van der Waals surface area contributed by atoms with Crippen molar-refractivity contribution in [1.82, 2.24) is 0 Å². The molecule has 702 valence electrons. The summed E-state index contributed by atoms with van der Waals surface area (Å²) >= 11 is 0. The Morgan fingerprint density at radius 1 is 0.302 bits per heavy atom. The van der Waals surface area contributed by atoms with Crippen LogP contribution in [0.1, 0.15) is 180 Å². The summed E-state index contributed by atoms with van der Waals surface area (Å²) < 4.78 is 32.5. The van der Waals surface area contributed by atoms with Crippen molar-refractivity contribution in [3.63, 3.8) is 0 Å². The number of carbonyl (C=O) groups is 6. The van der Waals surface area contributed by atoms with E-state index in [1.54, 1.807) is 57.5 Å². The van der Waals surface area contributed by atoms with E-state index in [2.05, 4.69) is 42.9 Å². The number of methoxy groups -OCH3 is 2. The number of rotatable bonds is 32. The number of Topliss-reactive ketones (excluding diaryl/α,β-unsaturated/α-hetero) is 4. The monoisotopic (exact) mass is 1850 g/mol. The van der Waals surface area contributed by atoms with Gasteiger partial charge in [0.2, 0.25) is 22.8 Å². The van der Waals surface area contributed by atoms with Crippen molar-refractivity contribution in [3.8, 4) is 23.0 Å². The molecule has 19 heteroatoms. The minimum Gasteiger partial charge on any atom is -0.497 e. The molecule has 0 aliphatic carbocycles. The third-order valence-electron chi connectivity index (χ3n) is 21.0. The number of esters is 2. The Labute approximate surface area is 818 Å². The van der Waals surface area contributed by atoms with Gasteiger partial charge in [0, 0.05) is 11.1 Å². The number of aliphatic hydroxyl groups is 1. The summed E-state index contributed by atoms with van der Waals surface area (Å²) in [7, 11) is 3.19. The van der Waals surface area contributed by atoms with Crippen LogP contribution < -0.4 is 18.9 Å². The van der Waals surface area contributed by atoms with Gasteiger partial charge in [0.25, 0.3) is 11.4 Å². The first-order chi connectivity index (χ1) is 67.2. The van der Waals surface area contributed by atoms with E-state index in [0.717, 1.165) is 121 Å². The zero-order valence-electron chi connectivity index (χ0n) is 80.9. The van der Waals surface area contributed by atoms with Crippen molar-refractivity contribution >= 4 is 68.5 Å². The molecule has 0 aliphatic heterocycles. The molecule has 12 rings (SSSR count). The molecular weight excluding hydrogens is 1730 g/mol. The second-order valence-corrected chi connectivity index (χ2v) is 31.7. The quantitative estimate of drug-likeness (QED) is 0.0237. The van der Waals surface area contributed by atoms with Crippen LogP contribution >= 0.6 is 0 Å². The third-order valence-corrected chi connectivity index (χ3v) is 21.0. The van der Waals surface area contributed by atoms with Gasteiger partial charge in [-0.1, -0.05) is 318 Å². The standard InChI is InChI=1S/C26H31NO3.C24H27NO4.C19H17NO3.3C17H13NO/c1-6-8-9-20(7-2)18-30-26(28)25(27-4)24(21-12-10-19(3)11-13-21)22-14-16-23(29-5)17-15-22;1-7-27-24(26)23(25-6)22(18-8-12-20(13-9-18)28-16(2)3)19-10-14-21(15-11-19)29-17(4)5;1-13(22)19(20-2)18(15-6-4-14(12-21)5-7-15)16-8-10-17(23-3)11-9-16;3*1-13(19)17(18-2)16(14-9-5-3-6-10-14)15-11-7-4-8-12-15/h10-17,20H,6-9,18H2,1-3,5H3;8-17H,7H2,1-5H3;4-11,21H,12H2,1,3H3;3*3-12H,1H3/b25-24+;;19-18+;;;. The van der Waals surface area contributed by atoms with E-state index in [0.29, 0.717) is 51.7 Å². The van der Waals surface area contributed by atoms with Gasteiger partial charge in [-0.3, -0.25) is 9.59 Å². The first-order valence-electron chi connectivity index (χ1n) is 45.2. The molecule has 12 aromatic carbocycles. The lowest BCUT2D eigenvalue weighted by atomic mass is 9.94. The average molecular weight is 1850 g/mol. The van der Waals surface area contributed by atoms with Crippen LogP contribution in [0.2, 0.25) is 0 Å². The van der Waals surface area contributed by atoms with Gasteiger partial charge in [-0.2, -0.15) is 0 Å². The van der Waals surface area contributed by atoms with Gasteiger partial charge < -0.3 is 52.7 Å². The molecule has 0 radical (unpaired) electrons. The molecule has 0 saturated carbocycles. The van der Waals surface area contributed by atoms with Crippen molar-refractivity contribution in [2.45, 2.75) is 128 Å². The maximum absolute atomic E-state index is 12.9. The van der Waals surface area contributed by atoms with Crippen LogP contribution in [-0.4, -0.2) is 79.8 Å². The van der Waals surface area contributed by atoms with E-state index < -0.39 is 11.9 Å². The Hall–Kier alpha value is -17.2. The number of hydrogen-bond donors (Lipinski definition) is 1. The van der Waals surface area contributed by atoms with Gasteiger partial charge in [-0.15, -0.1) is 0 Å². The molecule has 0 aromatic heterocycles. The second-order valence-electron chi connectivity index (χ2n) is 31.7. The molecule has 19 nitrogen and oxygen atoms in total. The Morgan fingerprint density at radius 2 is 0.525 bits per heavy atom. The predicted octanol–water partition coefficient (Wildman–Crippen LogP) is 27.3. The van der Waals surface area contributed by atoms with E-state index in [4.69, 9.17) is 73.0 Å². The minimum absolute atomic E-state index is 0.00867. The first kappa shape index (κ1) is 109. The normalized spacial score (nSPS) is 10.6. The van der Waals surface area contributed by atoms with Crippen LogP contribution in [0.25, 0.3) is 62.5 Å². The largest absolute Gasteiger partial charge is 0.497 e. The van der Waals surface area contributed by atoms with Crippen molar-refractivity contribution in [2.24, 2.45) is 5.92 Å². The van der Waals surface area contributed by atoms with Crippen LogP contribution in [-0.2, 0) is 44.8 Å². The Balaban J connectivity index is 0.000000229. The number of aliphatic hydroxyl groups excluding tert-OH is 1. The van der Waals surface area contributed by atoms with Crippen LogP contribution in [0, 0.1) is 52.3 Å². The molecule has 0 fully saturated rings. The Bertz CT molecular complexity index is 6050. The van der Waals surface area contributed by atoms with Crippen molar-refractivity contribution in [1.29, 1.82) is 0 Å². The van der Waals surface area contributed by atoms with E-state index in [1.165, 1.54) is 27.7 Å². The fourth-order valence-electron chi connectivity index (χ4n) is 14.2. The summed E-state index contributed by atoms with van der Waals surface area (Å²) in [6, 6.07) is 102. The number of nitrogens with zero attached hydrogens (tertiary/aromatic N) is 6. The van der Waals surface area contributed by atoms with Gasteiger partial charge in [-0.05, 0) is 225 Å². The van der Waals surface area contributed by atoms with E-state index in [-0.39, 0.29) is 82.7 Å². The summed E-state index contributed by atoms with van der Waals surface area (Å²) in [6.45, 7) is 66.4. The predicted molar refractivity (Wildman–Crippen MR) is 552 cm³/mol. The fraction of sp³-hybridized carbons (Fsp3) is 0.200. The first-order valence-corrected chi connectivity index (χ1v) is 45.2. The van der Waals surface area contributed by atoms with Crippen LogP contribution in [0.15, 0.2) is 362 Å². The number of benzene rings is 12. The summed E-state index contributed by atoms with van der Waals surface area (Å²) in [4.78, 5) is 93.1. The number of carbonyl (C=O) groups excluding carboxylic acids is 6. The highest BCUT2D eigenvalue weighted by atomic mass is 16.5. The molecule has 0 saturated heterocycles. The van der Waals surface area contributed by atoms with E-state index >= 15 is 0 Å². The molecule has 0 spiro atoms. The molecule has 0 heterocycles. The van der Waals surface area contributed by atoms with E-state index in [1.807, 2.05) is 326 Å². The number of ether oxygens (including phenoxy) is 6. The molecule has 1 atom stereocenters. The molecule has 0 aliphatic rings. The van der Waals surface area contributed by atoms with Crippen LogP contribution in [0.3, 0.4) is 0 Å². The molecular formula is C120H114N6O13.